The molecule has 32 heavy (non-hydrogen) atoms. The van der Waals surface area contributed by atoms with Crippen LogP contribution in [0.3, 0.4) is 0 Å². The number of nitrogens with zero attached hydrogens (tertiary/aromatic N) is 4. The Morgan fingerprint density at radius 2 is 1.97 bits per heavy atom. The number of aromatic nitrogens is 1. The minimum Gasteiger partial charge on any atom is -0.336 e. The number of amidine groups is 1. The molecule has 3 amide bonds. The van der Waals surface area contributed by atoms with Gasteiger partial charge in [0.05, 0.1) is 30.0 Å². The van der Waals surface area contributed by atoms with Crippen molar-refractivity contribution in [3.05, 3.63) is 60.2 Å². The van der Waals surface area contributed by atoms with Crippen LogP contribution < -0.4 is 10.2 Å². The first-order chi connectivity index (χ1) is 15.6. The fourth-order valence-corrected chi connectivity index (χ4v) is 5.12. The SMILES string of the molecule is O=C(c1ccccc1F)N1CCC2(C1)C(=NC1CCCCC1)NC(=O)N2c1cccnc1. The molecule has 7 nitrogen and oxygen atoms in total. The molecule has 1 aromatic carbocycles. The van der Waals surface area contributed by atoms with Crippen molar-refractivity contribution >= 4 is 23.5 Å². The van der Waals surface area contributed by atoms with Gasteiger partial charge < -0.3 is 4.90 Å². The molecule has 8 heteroatoms. The minimum atomic E-state index is -0.807. The van der Waals surface area contributed by atoms with Gasteiger partial charge in [-0.25, -0.2) is 9.18 Å². The summed E-state index contributed by atoms with van der Waals surface area (Å²) in [5.41, 5.74) is -0.113. The molecule has 1 N–H and O–H groups in total. The minimum absolute atomic E-state index is 0.0422. The summed E-state index contributed by atoms with van der Waals surface area (Å²) in [5.74, 6) is -0.302. The Morgan fingerprint density at radius 3 is 2.72 bits per heavy atom. The number of rotatable bonds is 3. The molecule has 0 bridgehead atoms. The first kappa shape index (κ1) is 20.6. The van der Waals surface area contributed by atoms with Crippen LogP contribution in [0.4, 0.5) is 14.9 Å². The summed E-state index contributed by atoms with van der Waals surface area (Å²) in [7, 11) is 0. The fourth-order valence-electron chi connectivity index (χ4n) is 5.12. The lowest BCUT2D eigenvalue weighted by atomic mass is 9.93. The van der Waals surface area contributed by atoms with Crippen molar-refractivity contribution in [3.63, 3.8) is 0 Å². The highest BCUT2D eigenvalue weighted by Crippen LogP contribution is 2.38. The van der Waals surface area contributed by atoms with Gasteiger partial charge in [-0.3, -0.25) is 25.0 Å². The largest absolute Gasteiger partial charge is 0.336 e. The van der Waals surface area contributed by atoms with Crippen LogP contribution in [0.2, 0.25) is 0 Å². The number of carbonyl (C=O) groups excluding carboxylic acids is 2. The van der Waals surface area contributed by atoms with Crippen LogP contribution in [0, 0.1) is 5.82 Å². The number of hydrogen-bond donors (Lipinski definition) is 1. The third-order valence-electron chi connectivity index (χ3n) is 6.73. The fraction of sp³-hybridized carbons (Fsp3) is 0.417. The Labute approximate surface area is 186 Å². The average Bonchev–Trinajstić information content (AvgIpc) is 3.36. The van der Waals surface area contributed by atoms with Gasteiger partial charge in [0.15, 0.2) is 0 Å². The van der Waals surface area contributed by atoms with Crippen LogP contribution in [0.5, 0.6) is 0 Å². The molecule has 1 aliphatic carbocycles. The molecule has 2 aliphatic heterocycles. The Kier molecular flexibility index (Phi) is 5.36. The van der Waals surface area contributed by atoms with E-state index in [0.717, 1.165) is 25.7 Å². The average molecular weight is 436 g/mol. The van der Waals surface area contributed by atoms with Crippen molar-refractivity contribution in [1.82, 2.24) is 15.2 Å². The summed E-state index contributed by atoms with van der Waals surface area (Å²) >= 11 is 0. The van der Waals surface area contributed by atoms with E-state index in [4.69, 9.17) is 4.99 Å². The number of nitrogens with one attached hydrogen (secondary N) is 1. The number of carbonyl (C=O) groups is 2. The molecule has 0 radical (unpaired) electrons. The van der Waals surface area contributed by atoms with Crippen LogP contribution >= 0.6 is 0 Å². The highest BCUT2D eigenvalue weighted by molar-refractivity contribution is 6.19. The first-order valence-electron chi connectivity index (χ1n) is 11.2. The van der Waals surface area contributed by atoms with Gasteiger partial charge in [-0.2, -0.15) is 0 Å². The molecule has 1 spiro atoms. The van der Waals surface area contributed by atoms with Crippen LogP contribution in [0.1, 0.15) is 48.9 Å². The van der Waals surface area contributed by atoms with Crippen molar-refractivity contribution in [2.45, 2.75) is 50.1 Å². The number of hydrogen-bond acceptors (Lipinski definition) is 4. The van der Waals surface area contributed by atoms with Gasteiger partial charge in [-0.15, -0.1) is 0 Å². The van der Waals surface area contributed by atoms with E-state index in [1.807, 2.05) is 6.07 Å². The van der Waals surface area contributed by atoms with Crippen molar-refractivity contribution in [3.8, 4) is 0 Å². The Morgan fingerprint density at radius 1 is 1.16 bits per heavy atom. The monoisotopic (exact) mass is 435 g/mol. The van der Waals surface area contributed by atoms with Crippen molar-refractivity contribution in [2.24, 2.45) is 4.99 Å². The smallest absolute Gasteiger partial charge is 0.328 e. The van der Waals surface area contributed by atoms with E-state index in [1.165, 1.54) is 18.6 Å². The number of aliphatic imine (C=N–C) groups is 1. The molecule has 5 rings (SSSR count). The lowest BCUT2D eigenvalue weighted by Gasteiger charge is -2.33. The molecule has 3 heterocycles. The maximum atomic E-state index is 14.3. The topological polar surface area (TPSA) is 77.9 Å². The van der Waals surface area contributed by atoms with Gasteiger partial charge in [0, 0.05) is 12.7 Å². The summed E-state index contributed by atoms with van der Waals surface area (Å²) in [4.78, 5) is 38.7. The van der Waals surface area contributed by atoms with Crippen LogP contribution in [-0.4, -0.2) is 52.3 Å². The van der Waals surface area contributed by atoms with E-state index in [9.17, 15) is 14.0 Å². The predicted octanol–water partition coefficient (Wildman–Crippen LogP) is 3.77. The summed E-state index contributed by atoms with van der Waals surface area (Å²) < 4.78 is 14.3. The van der Waals surface area contributed by atoms with E-state index < -0.39 is 11.4 Å². The summed E-state index contributed by atoms with van der Waals surface area (Å²) in [5, 5.41) is 2.99. The van der Waals surface area contributed by atoms with Gasteiger partial charge in [-0.1, -0.05) is 31.4 Å². The third-order valence-corrected chi connectivity index (χ3v) is 6.73. The Balaban J connectivity index is 1.52. The number of pyridine rings is 1. The molecular formula is C24H26FN5O2. The van der Waals surface area contributed by atoms with E-state index in [-0.39, 0.29) is 30.1 Å². The highest BCUT2D eigenvalue weighted by atomic mass is 19.1. The number of urea groups is 1. The van der Waals surface area contributed by atoms with E-state index in [0.29, 0.717) is 24.5 Å². The zero-order valence-corrected chi connectivity index (χ0v) is 17.8. The molecular weight excluding hydrogens is 409 g/mol. The molecule has 1 atom stereocenters. The molecule has 1 aromatic heterocycles. The van der Waals surface area contributed by atoms with E-state index in [2.05, 4.69) is 10.3 Å². The van der Waals surface area contributed by atoms with Gasteiger partial charge >= 0.3 is 6.03 Å². The van der Waals surface area contributed by atoms with Gasteiger partial charge in [0.2, 0.25) is 0 Å². The highest BCUT2D eigenvalue weighted by Gasteiger charge is 2.56. The first-order valence-corrected chi connectivity index (χ1v) is 11.2. The third kappa shape index (κ3) is 3.53. The predicted molar refractivity (Wildman–Crippen MR) is 119 cm³/mol. The molecule has 1 saturated carbocycles. The normalized spacial score (nSPS) is 25.0. The molecule has 3 aliphatic rings. The maximum Gasteiger partial charge on any atom is 0.328 e. The van der Waals surface area contributed by atoms with Crippen molar-refractivity contribution in [1.29, 1.82) is 0 Å². The summed E-state index contributed by atoms with van der Waals surface area (Å²) in [6.07, 6.45) is 9.30. The molecule has 166 valence electrons. The molecule has 3 fully saturated rings. The summed E-state index contributed by atoms with van der Waals surface area (Å²) in [6.45, 7) is 0.655. The summed E-state index contributed by atoms with van der Waals surface area (Å²) in [6, 6.07) is 9.52. The lowest BCUT2D eigenvalue weighted by molar-refractivity contribution is 0.0783. The van der Waals surface area contributed by atoms with Crippen molar-refractivity contribution in [2.75, 3.05) is 18.0 Å². The standard InChI is InChI=1S/C24H26FN5O2/c25-20-11-5-4-10-19(20)21(31)29-14-12-24(16-29)22(27-17-7-2-1-3-8-17)28-23(32)30(24)18-9-6-13-26-15-18/h4-6,9-11,13,15,17H,1-3,7-8,12,14,16H2,(H,27,28,32). The van der Waals surface area contributed by atoms with Crippen molar-refractivity contribution < 1.29 is 14.0 Å². The van der Waals surface area contributed by atoms with Crippen LogP contribution in [-0.2, 0) is 0 Å². The van der Waals surface area contributed by atoms with Gasteiger partial charge in [-0.05, 0) is 43.5 Å². The van der Waals surface area contributed by atoms with E-state index >= 15 is 0 Å². The van der Waals surface area contributed by atoms with Crippen LogP contribution in [0.25, 0.3) is 0 Å². The Hall–Kier alpha value is -3.29. The Bertz CT molecular complexity index is 1050. The van der Waals surface area contributed by atoms with Gasteiger partial charge in [0.1, 0.15) is 17.2 Å². The molecule has 1 unspecified atom stereocenters. The second-order valence-electron chi connectivity index (χ2n) is 8.73. The molecule has 2 saturated heterocycles. The second-order valence-corrected chi connectivity index (χ2v) is 8.73. The van der Waals surface area contributed by atoms with Crippen LogP contribution in [0.15, 0.2) is 53.8 Å². The zero-order valence-electron chi connectivity index (χ0n) is 17.8. The lowest BCUT2D eigenvalue weighted by Crippen LogP contribution is -2.53. The van der Waals surface area contributed by atoms with Gasteiger partial charge in [0.25, 0.3) is 5.91 Å². The maximum absolute atomic E-state index is 14.3. The van der Waals surface area contributed by atoms with E-state index in [1.54, 1.807) is 40.4 Å². The second kappa shape index (κ2) is 8.33. The quantitative estimate of drug-likeness (QED) is 0.797. The number of benzene rings is 1. The number of likely N-dealkylation sites (tertiary alicyclic amines) is 1. The molecule has 2 aromatic rings. The zero-order chi connectivity index (χ0) is 22.1. The number of halogens is 1. The number of anilines is 1. The number of amides is 3.